The van der Waals surface area contributed by atoms with Crippen LogP contribution in [0.1, 0.15) is 18.5 Å². The van der Waals surface area contributed by atoms with Crippen LogP contribution in [0.25, 0.3) is 0 Å². The number of carbonyl (C=O) groups excluding carboxylic acids is 1. The van der Waals surface area contributed by atoms with Gasteiger partial charge in [0.05, 0.1) is 6.04 Å². The lowest BCUT2D eigenvalue weighted by Crippen LogP contribution is -2.31. The molecule has 3 nitrogen and oxygen atoms in total. The molecule has 0 spiro atoms. The first-order valence-corrected chi connectivity index (χ1v) is 6.86. The summed E-state index contributed by atoms with van der Waals surface area (Å²) in [6.45, 7) is 1.61. The second-order valence-electron chi connectivity index (χ2n) is 4.56. The van der Waals surface area contributed by atoms with E-state index in [1.807, 2.05) is 19.1 Å². The van der Waals surface area contributed by atoms with Gasteiger partial charge in [-0.2, -0.15) is 0 Å². The molecule has 5 heteroatoms. The molecule has 0 saturated carbocycles. The lowest BCUT2D eigenvalue weighted by atomic mass is 10.1. The Kier molecular flexibility index (Phi) is 5.17. The minimum absolute atomic E-state index is 0.0618. The largest absolute Gasteiger partial charge is 0.481 e. The zero-order valence-corrected chi connectivity index (χ0v) is 12.2. The van der Waals surface area contributed by atoms with Gasteiger partial charge in [0.15, 0.2) is 18.2 Å². The Hall–Kier alpha value is -2.07. The third-order valence-electron chi connectivity index (χ3n) is 2.94. The molecule has 0 aliphatic rings. The molecule has 1 N–H and O–H groups in total. The summed E-state index contributed by atoms with van der Waals surface area (Å²) in [6, 6.07) is 13.0. The Labute approximate surface area is 127 Å². The minimum Gasteiger partial charge on any atom is -0.481 e. The van der Waals surface area contributed by atoms with Gasteiger partial charge in [-0.25, -0.2) is 4.39 Å². The molecular formula is C16H15ClFNO2. The molecule has 2 rings (SSSR count). The maximum Gasteiger partial charge on any atom is 0.258 e. The van der Waals surface area contributed by atoms with Crippen molar-refractivity contribution in [3.63, 3.8) is 0 Å². The fourth-order valence-electron chi connectivity index (χ4n) is 1.82. The Morgan fingerprint density at radius 3 is 2.57 bits per heavy atom. The Bertz CT molecular complexity index is 616. The maximum absolute atomic E-state index is 13.3. The van der Waals surface area contributed by atoms with Gasteiger partial charge in [0, 0.05) is 5.02 Å². The second kappa shape index (κ2) is 7.09. The van der Waals surface area contributed by atoms with Crippen LogP contribution in [0.3, 0.4) is 0 Å². The van der Waals surface area contributed by atoms with E-state index >= 15 is 0 Å². The van der Waals surface area contributed by atoms with E-state index in [4.69, 9.17) is 16.3 Å². The molecular weight excluding hydrogens is 293 g/mol. The van der Waals surface area contributed by atoms with Crippen molar-refractivity contribution in [2.75, 3.05) is 6.61 Å². The van der Waals surface area contributed by atoms with Crippen molar-refractivity contribution in [1.29, 1.82) is 0 Å². The van der Waals surface area contributed by atoms with Crippen molar-refractivity contribution in [2.24, 2.45) is 0 Å². The topological polar surface area (TPSA) is 38.3 Å². The van der Waals surface area contributed by atoms with E-state index in [0.29, 0.717) is 5.02 Å². The Balaban J connectivity index is 1.87. The van der Waals surface area contributed by atoms with Crippen molar-refractivity contribution in [2.45, 2.75) is 13.0 Å². The predicted octanol–water partition coefficient (Wildman–Crippen LogP) is 3.74. The molecule has 0 aliphatic heterocycles. The lowest BCUT2D eigenvalue weighted by Gasteiger charge is -2.15. The van der Waals surface area contributed by atoms with Gasteiger partial charge in [-0.1, -0.05) is 35.9 Å². The molecule has 0 unspecified atom stereocenters. The third-order valence-corrected chi connectivity index (χ3v) is 3.19. The molecule has 1 atom stereocenters. The average Bonchev–Trinajstić information content (AvgIpc) is 2.47. The van der Waals surface area contributed by atoms with E-state index in [1.54, 1.807) is 24.3 Å². The van der Waals surface area contributed by atoms with Crippen molar-refractivity contribution >= 4 is 17.5 Å². The summed E-state index contributed by atoms with van der Waals surface area (Å²) in [4.78, 5) is 11.8. The van der Waals surface area contributed by atoms with Gasteiger partial charge in [-0.15, -0.1) is 0 Å². The van der Waals surface area contributed by atoms with Crippen molar-refractivity contribution in [3.8, 4) is 5.75 Å². The van der Waals surface area contributed by atoms with Crippen molar-refractivity contribution in [3.05, 3.63) is 64.9 Å². The van der Waals surface area contributed by atoms with E-state index < -0.39 is 5.82 Å². The number of nitrogens with one attached hydrogen (secondary N) is 1. The molecule has 0 heterocycles. The lowest BCUT2D eigenvalue weighted by molar-refractivity contribution is -0.123. The molecule has 2 aromatic rings. The van der Waals surface area contributed by atoms with Crippen LogP contribution < -0.4 is 10.1 Å². The first kappa shape index (κ1) is 15.3. The molecule has 0 radical (unpaired) electrons. The number of benzene rings is 2. The van der Waals surface area contributed by atoms with Crippen LogP contribution in [0, 0.1) is 5.82 Å². The highest BCUT2D eigenvalue weighted by Gasteiger charge is 2.11. The summed E-state index contributed by atoms with van der Waals surface area (Å²) in [5.41, 5.74) is 0.929. The van der Waals surface area contributed by atoms with Gasteiger partial charge in [0.25, 0.3) is 5.91 Å². The highest BCUT2D eigenvalue weighted by atomic mass is 35.5. The van der Waals surface area contributed by atoms with E-state index in [-0.39, 0.29) is 24.3 Å². The summed E-state index contributed by atoms with van der Waals surface area (Å²) in [5.74, 6) is -0.747. The normalized spacial score (nSPS) is 11.8. The molecule has 0 fully saturated rings. The fraction of sp³-hybridized carbons (Fsp3) is 0.188. The van der Waals surface area contributed by atoms with Crippen LogP contribution in [0.2, 0.25) is 5.02 Å². The van der Waals surface area contributed by atoms with Gasteiger partial charge in [-0.3, -0.25) is 4.79 Å². The SMILES string of the molecule is C[C@@H](NC(=O)COc1ccccc1F)c1ccc(Cl)cc1. The van der Waals surface area contributed by atoms with Crippen LogP contribution in [-0.2, 0) is 4.79 Å². The summed E-state index contributed by atoms with van der Waals surface area (Å²) >= 11 is 5.81. The number of para-hydroxylation sites is 1. The van der Waals surface area contributed by atoms with Crippen LogP contribution >= 0.6 is 11.6 Å². The third kappa shape index (κ3) is 4.46. The number of carbonyl (C=O) groups is 1. The van der Waals surface area contributed by atoms with Crippen LogP contribution in [-0.4, -0.2) is 12.5 Å². The standard InChI is InChI=1S/C16H15ClFNO2/c1-11(12-6-8-13(17)9-7-12)19-16(20)10-21-15-5-3-2-4-14(15)18/h2-9,11H,10H2,1H3,(H,19,20)/t11-/m1/s1. The smallest absolute Gasteiger partial charge is 0.258 e. The van der Waals surface area contributed by atoms with Crippen LogP contribution in [0.5, 0.6) is 5.75 Å². The van der Waals surface area contributed by atoms with Crippen LogP contribution in [0.4, 0.5) is 4.39 Å². The highest BCUT2D eigenvalue weighted by Crippen LogP contribution is 2.17. The van der Waals surface area contributed by atoms with Gasteiger partial charge < -0.3 is 10.1 Å². The molecule has 2 aromatic carbocycles. The number of hydrogen-bond acceptors (Lipinski definition) is 2. The zero-order valence-electron chi connectivity index (χ0n) is 11.5. The van der Waals surface area contributed by atoms with E-state index in [2.05, 4.69) is 5.32 Å². The number of hydrogen-bond donors (Lipinski definition) is 1. The Morgan fingerprint density at radius 1 is 1.24 bits per heavy atom. The average molecular weight is 308 g/mol. The maximum atomic E-state index is 13.3. The van der Waals surface area contributed by atoms with Crippen LogP contribution in [0.15, 0.2) is 48.5 Å². The predicted molar refractivity (Wildman–Crippen MR) is 79.9 cm³/mol. The number of halogens is 2. The van der Waals surface area contributed by atoms with Gasteiger partial charge in [0.1, 0.15) is 0 Å². The first-order chi connectivity index (χ1) is 10.1. The molecule has 0 aliphatic carbocycles. The highest BCUT2D eigenvalue weighted by molar-refractivity contribution is 6.30. The van der Waals surface area contributed by atoms with Gasteiger partial charge in [0.2, 0.25) is 0 Å². The first-order valence-electron chi connectivity index (χ1n) is 6.48. The molecule has 21 heavy (non-hydrogen) atoms. The molecule has 1 amide bonds. The quantitative estimate of drug-likeness (QED) is 0.914. The van der Waals surface area contributed by atoms with Crippen molar-refractivity contribution < 1.29 is 13.9 Å². The number of amides is 1. The zero-order chi connectivity index (χ0) is 15.2. The Morgan fingerprint density at radius 2 is 1.90 bits per heavy atom. The van der Waals surface area contributed by atoms with E-state index in [9.17, 15) is 9.18 Å². The van der Waals surface area contributed by atoms with E-state index in [0.717, 1.165) is 5.56 Å². The van der Waals surface area contributed by atoms with Gasteiger partial charge in [-0.05, 0) is 36.8 Å². The van der Waals surface area contributed by atoms with Gasteiger partial charge >= 0.3 is 0 Å². The minimum atomic E-state index is -0.490. The molecule has 0 bridgehead atoms. The summed E-state index contributed by atoms with van der Waals surface area (Å²) in [6.07, 6.45) is 0. The number of rotatable bonds is 5. The summed E-state index contributed by atoms with van der Waals surface area (Å²) in [7, 11) is 0. The molecule has 0 saturated heterocycles. The summed E-state index contributed by atoms with van der Waals surface area (Å²) in [5, 5.41) is 3.41. The number of ether oxygens (including phenoxy) is 1. The summed E-state index contributed by atoms with van der Waals surface area (Å²) < 4.78 is 18.5. The fourth-order valence-corrected chi connectivity index (χ4v) is 1.95. The second-order valence-corrected chi connectivity index (χ2v) is 5.00. The molecule has 110 valence electrons. The van der Waals surface area contributed by atoms with Crippen molar-refractivity contribution in [1.82, 2.24) is 5.32 Å². The monoisotopic (exact) mass is 307 g/mol. The van der Waals surface area contributed by atoms with E-state index in [1.165, 1.54) is 12.1 Å². The molecule has 0 aromatic heterocycles.